The minimum absolute atomic E-state index is 0.259. The van der Waals surface area contributed by atoms with Gasteiger partial charge in [0.25, 0.3) is 5.91 Å². The van der Waals surface area contributed by atoms with E-state index in [1.54, 1.807) is 21.0 Å². The highest BCUT2D eigenvalue weighted by Gasteiger charge is 2.15. The third-order valence-electron chi connectivity index (χ3n) is 1.99. The van der Waals surface area contributed by atoms with Crippen molar-refractivity contribution < 1.29 is 9.90 Å². The van der Waals surface area contributed by atoms with Crippen LogP contribution in [0.1, 0.15) is 17.4 Å². The highest BCUT2D eigenvalue weighted by molar-refractivity contribution is 5.92. The fraction of sp³-hybridized carbons (Fsp3) is 0.500. The van der Waals surface area contributed by atoms with E-state index in [1.165, 1.54) is 17.3 Å². The lowest BCUT2D eigenvalue weighted by Crippen LogP contribution is -2.33. The number of aromatic nitrogens is 2. The van der Waals surface area contributed by atoms with E-state index in [-0.39, 0.29) is 18.1 Å². The molecule has 0 spiro atoms. The van der Waals surface area contributed by atoms with Gasteiger partial charge in [0.15, 0.2) is 0 Å². The number of carbonyl (C=O) groups is 1. The van der Waals surface area contributed by atoms with Gasteiger partial charge in [0, 0.05) is 20.6 Å². The van der Waals surface area contributed by atoms with Gasteiger partial charge in [0.1, 0.15) is 11.5 Å². The Hall–Kier alpha value is -1.69. The molecule has 1 aromatic heterocycles. The Morgan fingerprint density at radius 3 is 2.88 bits per heavy atom. The molecular formula is C10H16N4O2. The number of anilines is 1. The zero-order valence-electron chi connectivity index (χ0n) is 9.64. The van der Waals surface area contributed by atoms with E-state index in [0.29, 0.717) is 5.82 Å². The normalized spacial score (nSPS) is 12.0. The average Bonchev–Trinajstić information content (AvgIpc) is 2.27. The Kier molecular flexibility index (Phi) is 4.19. The quantitative estimate of drug-likeness (QED) is 0.751. The molecule has 1 aromatic rings. The second-order valence-electron chi connectivity index (χ2n) is 3.57. The fourth-order valence-electron chi connectivity index (χ4n) is 1.26. The Morgan fingerprint density at radius 2 is 2.31 bits per heavy atom. The average molecular weight is 224 g/mol. The minimum atomic E-state index is -0.561. The molecule has 1 heterocycles. The zero-order valence-corrected chi connectivity index (χ0v) is 9.64. The van der Waals surface area contributed by atoms with Crippen LogP contribution < -0.4 is 5.32 Å². The van der Waals surface area contributed by atoms with Crippen LogP contribution in [-0.4, -0.2) is 52.6 Å². The van der Waals surface area contributed by atoms with Crippen LogP contribution in [-0.2, 0) is 0 Å². The van der Waals surface area contributed by atoms with E-state index in [9.17, 15) is 9.90 Å². The molecule has 2 N–H and O–H groups in total. The maximum atomic E-state index is 11.8. The van der Waals surface area contributed by atoms with E-state index in [1.807, 2.05) is 0 Å². The first-order valence-corrected chi connectivity index (χ1v) is 4.98. The van der Waals surface area contributed by atoms with Crippen LogP contribution in [0, 0.1) is 0 Å². The molecule has 1 unspecified atom stereocenters. The van der Waals surface area contributed by atoms with Crippen LogP contribution in [0.15, 0.2) is 12.4 Å². The van der Waals surface area contributed by atoms with Gasteiger partial charge >= 0.3 is 0 Å². The van der Waals surface area contributed by atoms with Crippen molar-refractivity contribution in [3.8, 4) is 0 Å². The third-order valence-corrected chi connectivity index (χ3v) is 1.99. The van der Waals surface area contributed by atoms with Crippen molar-refractivity contribution in [1.82, 2.24) is 14.9 Å². The molecule has 6 nitrogen and oxygen atoms in total. The molecule has 0 radical (unpaired) electrons. The van der Waals surface area contributed by atoms with Crippen molar-refractivity contribution >= 4 is 11.7 Å². The summed E-state index contributed by atoms with van der Waals surface area (Å²) in [7, 11) is 3.32. The van der Waals surface area contributed by atoms with E-state index < -0.39 is 6.10 Å². The van der Waals surface area contributed by atoms with Gasteiger partial charge in [0.05, 0.1) is 18.5 Å². The summed E-state index contributed by atoms with van der Waals surface area (Å²) < 4.78 is 0. The lowest BCUT2D eigenvalue weighted by atomic mass is 10.3. The molecule has 0 saturated heterocycles. The first-order valence-electron chi connectivity index (χ1n) is 4.98. The predicted molar refractivity (Wildman–Crippen MR) is 60.2 cm³/mol. The maximum absolute atomic E-state index is 11.8. The maximum Gasteiger partial charge on any atom is 0.273 e. The number of aliphatic hydroxyl groups is 1. The number of amides is 1. The number of nitrogens with zero attached hydrogens (tertiary/aromatic N) is 3. The summed E-state index contributed by atoms with van der Waals surface area (Å²) in [5.41, 5.74) is 0.259. The standard InChI is InChI=1S/C10H16N4O2/c1-7(15)6-14(3)10(16)8-4-12-5-9(11-2)13-8/h4-5,7,15H,6H2,1-3H3,(H,11,13). The SMILES string of the molecule is CNc1cncc(C(=O)N(C)CC(C)O)n1. The van der Waals surface area contributed by atoms with Crippen molar-refractivity contribution in [1.29, 1.82) is 0 Å². The molecule has 1 rings (SSSR count). The molecule has 88 valence electrons. The Bertz CT molecular complexity index is 368. The smallest absolute Gasteiger partial charge is 0.273 e. The Morgan fingerprint density at radius 1 is 1.62 bits per heavy atom. The van der Waals surface area contributed by atoms with Gasteiger partial charge in [-0.05, 0) is 6.92 Å². The number of rotatable bonds is 4. The van der Waals surface area contributed by atoms with Crippen LogP contribution in [0.2, 0.25) is 0 Å². The third kappa shape index (κ3) is 3.16. The van der Waals surface area contributed by atoms with E-state index >= 15 is 0 Å². The molecule has 0 aromatic carbocycles. The number of nitrogens with one attached hydrogen (secondary N) is 1. The second kappa shape index (κ2) is 5.41. The van der Waals surface area contributed by atoms with Gasteiger partial charge in [-0.25, -0.2) is 4.98 Å². The summed E-state index contributed by atoms with van der Waals surface area (Å²) in [5.74, 6) is 0.279. The van der Waals surface area contributed by atoms with Gasteiger partial charge in [-0.1, -0.05) is 0 Å². The molecule has 0 fully saturated rings. The molecule has 1 amide bonds. The monoisotopic (exact) mass is 224 g/mol. The van der Waals surface area contributed by atoms with Crippen molar-refractivity contribution in [2.45, 2.75) is 13.0 Å². The first-order chi connectivity index (χ1) is 7.54. The van der Waals surface area contributed by atoms with Gasteiger partial charge in [0.2, 0.25) is 0 Å². The van der Waals surface area contributed by atoms with E-state index in [2.05, 4.69) is 15.3 Å². The molecule has 1 atom stereocenters. The predicted octanol–water partition coefficient (Wildman–Crippen LogP) is -0.0289. The van der Waals surface area contributed by atoms with E-state index in [0.717, 1.165) is 0 Å². The number of hydrogen-bond donors (Lipinski definition) is 2. The molecular weight excluding hydrogens is 208 g/mol. The summed E-state index contributed by atoms with van der Waals surface area (Å²) in [6.07, 6.45) is 2.38. The Balaban J connectivity index is 2.79. The molecule has 0 aliphatic heterocycles. The number of likely N-dealkylation sites (N-methyl/N-ethyl adjacent to an activating group) is 1. The van der Waals surface area contributed by atoms with Crippen LogP contribution in [0.3, 0.4) is 0 Å². The van der Waals surface area contributed by atoms with Gasteiger partial charge in [-0.15, -0.1) is 0 Å². The zero-order chi connectivity index (χ0) is 12.1. The highest BCUT2D eigenvalue weighted by Crippen LogP contribution is 2.04. The second-order valence-corrected chi connectivity index (χ2v) is 3.57. The van der Waals surface area contributed by atoms with Gasteiger partial charge < -0.3 is 15.3 Å². The number of carbonyl (C=O) groups excluding carboxylic acids is 1. The summed E-state index contributed by atoms with van der Waals surface area (Å²) >= 11 is 0. The van der Waals surface area contributed by atoms with Crippen molar-refractivity contribution in [3.05, 3.63) is 18.1 Å². The van der Waals surface area contributed by atoms with Crippen LogP contribution >= 0.6 is 0 Å². The Labute approximate surface area is 94.3 Å². The molecule has 0 aliphatic carbocycles. The van der Waals surface area contributed by atoms with Crippen LogP contribution in [0.4, 0.5) is 5.82 Å². The lowest BCUT2D eigenvalue weighted by molar-refractivity contribution is 0.0698. The summed E-state index contributed by atoms with van der Waals surface area (Å²) in [5, 5.41) is 12.0. The minimum Gasteiger partial charge on any atom is -0.392 e. The molecule has 0 bridgehead atoms. The largest absolute Gasteiger partial charge is 0.392 e. The van der Waals surface area contributed by atoms with Crippen molar-refractivity contribution in [2.75, 3.05) is 26.0 Å². The van der Waals surface area contributed by atoms with Crippen LogP contribution in [0.5, 0.6) is 0 Å². The number of aliphatic hydroxyl groups excluding tert-OH is 1. The molecule has 6 heteroatoms. The molecule has 0 saturated carbocycles. The van der Waals surface area contributed by atoms with Crippen molar-refractivity contribution in [3.63, 3.8) is 0 Å². The fourth-order valence-corrected chi connectivity index (χ4v) is 1.26. The van der Waals surface area contributed by atoms with Crippen molar-refractivity contribution in [2.24, 2.45) is 0 Å². The summed E-state index contributed by atoms with van der Waals surface area (Å²) in [4.78, 5) is 21.2. The van der Waals surface area contributed by atoms with Gasteiger partial charge in [-0.3, -0.25) is 9.78 Å². The first kappa shape index (κ1) is 12.4. The highest BCUT2D eigenvalue weighted by atomic mass is 16.3. The van der Waals surface area contributed by atoms with Gasteiger partial charge in [-0.2, -0.15) is 0 Å². The van der Waals surface area contributed by atoms with Crippen LogP contribution in [0.25, 0.3) is 0 Å². The topological polar surface area (TPSA) is 78.4 Å². The van der Waals surface area contributed by atoms with E-state index in [4.69, 9.17) is 0 Å². The lowest BCUT2D eigenvalue weighted by Gasteiger charge is -2.18. The number of hydrogen-bond acceptors (Lipinski definition) is 5. The molecule has 0 aliphatic rings. The summed E-state index contributed by atoms with van der Waals surface area (Å²) in [6.45, 7) is 1.89. The molecule has 16 heavy (non-hydrogen) atoms. The summed E-state index contributed by atoms with van der Waals surface area (Å²) in [6, 6.07) is 0.